The zero-order chi connectivity index (χ0) is 13.9. The van der Waals surface area contributed by atoms with E-state index in [4.69, 9.17) is 0 Å². The molecule has 0 bridgehead atoms. The van der Waals surface area contributed by atoms with Crippen LogP contribution in [0.15, 0.2) is 12.1 Å². The van der Waals surface area contributed by atoms with Gasteiger partial charge in [0.05, 0.1) is 0 Å². The van der Waals surface area contributed by atoms with Crippen LogP contribution in [0.25, 0.3) is 0 Å². The molecule has 0 aromatic carbocycles. The molecule has 19 heavy (non-hydrogen) atoms. The molecule has 1 saturated heterocycles. The lowest BCUT2D eigenvalue weighted by atomic mass is 10.0. The molecule has 6 heteroatoms. The fourth-order valence-electron chi connectivity index (χ4n) is 2.25. The topological polar surface area (TPSA) is 70.2 Å². The zero-order valence-electron chi connectivity index (χ0n) is 11.7. The lowest BCUT2D eigenvalue weighted by Gasteiger charge is -2.43. The number of nitrogens with zero attached hydrogens (tertiary/aromatic N) is 3. The van der Waals surface area contributed by atoms with Gasteiger partial charge in [0.2, 0.25) is 0 Å². The maximum absolute atomic E-state index is 11.6. The molecule has 0 saturated carbocycles. The van der Waals surface area contributed by atoms with E-state index in [1.165, 1.54) is 0 Å². The van der Waals surface area contributed by atoms with Crippen LogP contribution in [0.1, 0.15) is 31.3 Å². The van der Waals surface area contributed by atoms with Crippen LogP contribution in [0.2, 0.25) is 0 Å². The molecule has 1 aliphatic heterocycles. The Kier molecular flexibility index (Phi) is 3.99. The second-order valence-corrected chi connectivity index (χ2v) is 5.28. The highest BCUT2D eigenvalue weighted by Gasteiger charge is 2.30. The van der Waals surface area contributed by atoms with Gasteiger partial charge in [0.1, 0.15) is 0 Å². The number of nitrogens with one attached hydrogen (secondary N) is 2. The van der Waals surface area contributed by atoms with Gasteiger partial charge in [-0.15, -0.1) is 10.2 Å². The van der Waals surface area contributed by atoms with Gasteiger partial charge in [-0.25, -0.2) is 0 Å². The van der Waals surface area contributed by atoms with Crippen molar-refractivity contribution >= 4 is 11.7 Å². The van der Waals surface area contributed by atoms with E-state index in [1.807, 2.05) is 13.0 Å². The fraction of sp³-hybridized carbons (Fsp3) is 0.615. The Bertz CT molecular complexity index is 443. The van der Waals surface area contributed by atoms with Gasteiger partial charge in [0.25, 0.3) is 5.91 Å². The summed E-state index contributed by atoms with van der Waals surface area (Å²) in [7, 11) is 0. The van der Waals surface area contributed by atoms with E-state index in [1.54, 1.807) is 6.07 Å². The fourth-order valence-corrected chi connectivity index (χ4v) is 2.25. The van der Waals surface area contributed by atoms with E-state index in [9.17, 15) is 4.79 Å². The first-order chi connectivity index (χ1) is 9.04. The summed E-state index contributed by atoms with van der Waals surface area (Å²) >= 11 is 0. The monoisotopic (exact) mass is 263 g/mol. The minimum absolute atomic E-state index is 0.000123. The third-order valence-corrected chi connectivity index (χ3v) is 3.30. The van der Waals surface area contributed by atoms with Crippen LogP contribution in [-0.4, -0.2) is 47.8 Å². The molecular weight excluding hydrogens is 242 g/mol. The van der Waals surface area contributed by atoms with Gasteiger partial charge >= 0.3 is 0 Å². The summed E-state index contributed by atoms with van der Waals surface area (Å²) in [5, 5.41) is 14.3. The van der Waals surface area contributed by atoms with Crippen molar-refractivity contribution in [1.82, 2.24) is 20.8 Å². The van der Waals surface area contributed by atoms with E-state index in [2.05, 4.69) is 39.6 Å². The van der Waals surface area contributed by atoms with E-state index in [0.29, 0.717) is 12.2 Å². The van der Waals surface area contributed by atoms with Gasteiger partial charge in [0.15, 0.2) is 11.5 Å². The van der Waals surface area contributed by atoms with Crippen molar-refractivity contribution in [2.45, 2.75) is 26.3 Å². The lowest BCUT2D eigenvalue weighted by molar-refractivity contribution is 0.0950. The largest absolute Gasteiger partial charge is 0.351 e. The van der Waals surface area contributed by atoms with Crippen molar-refractivity contribution in [3.05, 3.63) is 17.8 Å². The van der Waals surface area contributed by atoms with E-state index < -0.39 is 0 Å². The third kappa shape index (κ3) is 3.01. The summed E-state index contributed by atoms with van der Waals surface area (Å²) in [6.07, 6.45) is 0. The van der Waals surface area contributed by atoms with Crippen LogP contribution in [0.3, 0.4) is 0 Å². The van der Waals surface area contributed by atoms with Gasteiger partial charge in [0, 0.05) is 31.7 Å². The second kappa shape index (κ2) is 5.52. The Morgan fingerprint density at radius 1 is 1.47 bits per heavy atom. The van der Waals surface area contributed by atoms with Crippen molar-refractivity contribution < 1.29 is 4.79 Å². The summed E-state index contributed by atoms with van der Waals surface area (Å²) in [5.41, 5.74) is 0.360. The summed E-state index contributed by atoms with van der Waals surface area (Å²) < 4.78 is 0. The Labute approximate surface area is 113 Å². The maximum Gasteiger partial charge on any atom is 0.271 e. The molecule has 2 rings (SSSR count). The van der Waals surface area contributed by atoms with Crippen LogP contribution in [0.4, 0.5) is 5.82 Å². The molecule has 6 nitrogen and oxygen atoms in total. The molecule has 0 atom stereocenters. The Morgan fingerprint density at radius 3 is 2.84 bits per heavy atom. The molecule has 1 aromatic rings. The van der Waals surface area contributed by atoms with Gasteiger partial charge in [-0.2, -0.15) is 0 Å². The predicted molar refractivity (Wildman–Crippen MR) is 74.3 cm³/mol. The average molecular weight is 263 g/mol. The summed E-state index contributed by atoms with van der Waals surface area (Å²) in [6.45, 7) is 9.53. The number of anilines is 1. The summed E-state index contributed by atoms with van der Waals surface area (Å²) in [5.74, 6) is 0.640. The molecule has 0 unspecified atom stereocenters. The Hall–Kier alpha value is -1.69. The Morgan fingerprint density at radius 2 is 2.26 bits per heavy atom. The number of carbonyl (C=O) groups excluding carboxylic acids is 1. The van der Waals surface area contributed by atoms with Crippen LogP contribution < -0.4 is 15.5 Å². The van der Waals surface area contributed by atoms with Gasteiger partial charge < -0.3 is 15.5 Å². The van der Waals surface area contributed by atoms with Gasteiger partial charge in [-0.3, -0.25) is 4.79 Å². The predicted octanol–water partition coefficient (Wildman–Crippen LogP) is 0.415. The van der Waals surface area contributed by atoms with Crippen molar-refractivity contribution in [2.24, 2.45) is 0 Å². The average Bonchev–Trinajstić information content (AvgIpc) is 2.39. The maximum atomic E-state index is 11.6. The highest BCUT2D eigenvalue weighted by molar-refractivity contribution is 5.92. The summed E-state index contributed by atoms with van der Waals surface area (Å²) in [6, 6.07) is 3.59. The molecule has 1 fully saturated rings. The molecule has 0 aliphatic carbocycles. The minimum atomic E-state index is -0.180. The number of piperazine rings is 1. The molecule has 0 radical (unpaired) electrons. The number of rotatable bonds is 3. The second-order valence-electron chi connectivity index (χ2n) is 5.28. The highest BCUT2D eigenvalue weighted by atomic mass is 16.1. The number of carbonyl (C=O) groups is 1. The zero-order valence-corrected chi connectivity index (χ0v) is 11.7. The quantitative estimate of drug-likeness (QED) is 0.827. The third-order valence-electron chi connectivity index (χ3n) is 3.30. The SMILES string of the molecule is CCNC(=O)c1ccc(N2CCNCC2(C)C)nn1. The standard InChI is InChI=1S/C13H21N5O/c1-4-15-12(19)10-5-6-11(17-16-10)18-8-7-14-9-13(18,2)3/h5-6,14H,4,7-9H2,1-3H3,(H,15,19). The minimum Gasteiger partial charge on any atom is -0.351 e. The molecule has 1 aromatic heterocycles. The summed E-state index contributed by atoms with van der Waals surface area (Å²) in [4.78, 5) is 13.8. The molecular formula is C13H21N5O. The van der Waals surface area contributed by atoms with E-state index in [0.717, 1.165) is 25.5 Å². The molecule has 1 amide bonds. The van der Waals surface area contributed by atoms with Crippen molar-refractivity contribution in [1.29, 1.82) is 0 Å². The van der Waals surface area contributed by atoms with Crippen LogP contribution in [-0.2, 0) is 0 Å². The highest BCUT2D eigenvalue weighted by Crippen LogP contribution is 2.22. The Balaban J connectivity index is 2.15. The molecule has 104 valence electrons. The molecule has 0 spiro atoms. The van der Waals surface area contributed by atoms with Gasteiger partial charge in [-0.05, 0) is 32.9 Å². The molecule has 1 aliphatic rings. The number of aromatic nitrogens is 2. The van der Waals surface area contributed by atoms with Crippen LogP contribution in [0.5, 0.6) is 0 Å². The number of hydrogen-bond donors (Lipinski definition) is 2. The smallest absolute Gasteiger partial charge is 0.271 e. The van der Waals surface area contributed by atoms with E-state index in [-0.39, 0.29) is 11.4 Å². The molecule has 2 heterocycles. The first-order valence-corrected chi connectivity index (χ1v) is 6.65. The normalized spacial score (nSPS) is 18.2. The first-order valence-electron chi connectivity index (χ1n) is 6.65. The van der Waals surface area contributed by atoms with Crippen molar-refractivity contribution in [3.63, 3.8) is 0 Å². The van der Waals surface area contributed by atoms with Crippen molar-refractivity contribution in [3.8, 4) is 0 Å². The van der Waals surface area contributed by atoms with Crippen LogP contribution >= 0.6 is 0 Å². The first kappa shape index (κ1) is 13.7. The van der Waals surface area contributed by atoms with Crippen LogP contribution in [0, 0.1) is 0 Å². The molecule has 2 N–H and O–H groups in total. The number of amides is 1. The number of hydrogen-bond acceptors (Lipinski definition) is 5. The van der Waals surface area contributed by atoms with E-state index >= 15 is 0 Å². The van der Waals surface area contributed by atoms with Gasteiger partial charge in [-0.1, -0.05) is 0 Å². The lowest BCUT2D eigenvalue weighted by Crippen LogP contribution is -2.58. The van der Waals surface area contributed by atoms with Crippen molar-refractivity contribution in [2.75, 3.05) is 31.1 Å².